The maximum absolute atomic E-state index is 5.75. The summed E-state index contributed by atoms with van der Waals surface area (Å²) in [5, 5.41) is 0. The highest BCUT2D eigenvalue weighted by atomic mass is 16.5. The molecule has 3 heteroatoms. The van der Waals surface area contributed by atoms with Crippen LogP contribution in [0.15, 0.2) is 48.8 Å². The average Bonchev–Trinajstić information content (AvgIpc) is 2.57. The lowest BCUT2D eigenvalue weighted by Gasteiger charge is -2.08. The van der Waals surface area contributed by atoms with Gasteiger partial charge in [-0.25, -0.2) is 0 Å². The molecule has 2 rings (SSSR count). The van der Waals surface area contributed by atoms with Gasteiger partial charge in [0.05, 0.1) is 19.4 Å². The van der Waals surface area contributed by atoms with E-state index >= 15 is 0 Å². The van der Waals surface area contributed by atoms with Crippen LogP contribution in [0, 0.1) is 0 Å². The van der Waals surface area contributed by atoms with Crippen molar-refractivity contribution in [3.63, 3.8) is 0 Å². The zero-order valence-electron chi connectivity index (χ0n) is 13.3. The van der Waals surface area contributed by atoms with E-state index in [1.165, 1.54) is 12.0 Å². The second-order valence-corrected chi connectivity index (χ2v) is 5.34. The Hall–Kier alpha value is -2.03. The highest BCUT2D eigenvalue weighted by Crippen LogP contribution is 2.14. The molecule has 0 N–H and O–H groups in total. The molecule has 0 fully saturated rings. The topological polar surface area (TPSA) is 31.4 Å². The summed E-state index contributed by atoms with van der Waals surface area (Å²) in [4.78, 5) is 4.02. The highest BCUT2D eigenvalue weighted by Gasteiger charge is 1.97. The lowest BCUT2D eigenvalue weighted by molar-refractivity contribution is 0.279. The fraction of sp³-hybridized carbons (Fsp3) is 0.421. The van der Waals surface area contributed by atoms with E-state index in [0.29, 0.717) is 0 Å². The maximum Gasteiger partial charge on any atom is 0.137 e. The van der Waals surface area contributed by atoms with Crippen LogP contribution in [0.25, 0.3) is 0 Å². The van der Waals surface area contributed by atoms with Crippen LogP contribution < -0.4 is 9.47 Å². The maximum atomic E-state index is 5.75. The molecular formula is C19H25NO2. The minimum absolute atomic E-state index is 0.734. The number of hydrogen-bond donors (Lipinski definition) is 0. The first-order valence-electron chi connectivity index (χ1n) is 8.13. The fourth-order valence-electron chi connectivity index (χ4n) is 2.23. The molecule has 1 heterocycles. The third-order valence-corrected chi connectivity index (χ3v) is 3.42. The standard InChI is InChI=1S/C19H25NO2/c1-2-7-17-9-11-18(12-10-17)21-14-4-3-5-15-22-19-8-6-13-20-16-19/h6,8-13,16H,2-5,7,14-15H2,1H3. The molecule has 0 saturated carbocycles. The number of benzene rings is 1. The summed E-state index contributed by atoms with van der Waals surface area (Å²) in [6.07, 6.45) is 9.00. The largest absolute Gasteiger partial charge is 0.494 e. The normalized spacial score (nSPS) is 10.4. The smallest absolute Gasteiger partial charge is 0.137 e. The first-order chi connectivity index (χ1) is 10.9. The Bertz CT molecular complexity index is 511. The molecule has 0 aliphatic rings. The molecular weight excluding hydrogens is 274 g/mol. The molecule has 0 bridgehead atoms. The van der Waals surface area contributed by atoms with Gasteiger partial charge in [-0.15, -0.1) is 0 Å². The monoisotopic (exact) mass is 299 g/mol. The predicted octanol–water partition coefficient (Wildman–Crippen LogP) is 4.66. The molecule has 0 atom stereocenters. The van der Waals surface area contributed by atoms with E-state index in [4.69, 9.17) is 9.47 Å². The van der Waals surface area contributed by atoms with Crippen molar-refractivity contribution in [2.24, 2.45) is 0 Å². The van der Waals surface area contributed by atoms with Crippen molar-refractivity contribution in [3.8, 4) is 11.5 Å². The van der Waals surface area contributed by atoms with Gasteiger partial charge in [-0.05, 0) is 55.5 Å². The fourth-order valence-corrected chi connectivity index (χ4v) is 2.23. The van der Waals surface area contributed by atoms with Gasteiger partial charge in [-0.2, -0.15) is 0 Å². The van der Waals surface area contributed by atoms with Crippen molar-refractivity contribution in [2.45, 2.75) is 39.0 Å². The van der Waals surface area contributed by atoms with E-state index in [-0.39, 0.29) is 0 Å². The molecule has 0 aliphatic carbocycles. The van der Waals surface area contributed by atoms with E-state index in [2.05, 4.69) is 36.2 Å². The second-order valence-electron chi connectivity index (χ2n) is 5.34. The molecule has 3 nitrogen and oxygen atoms in total. The first kappa shape index (κ1) is 16.3. The minimum Gasteiger partial charge on any atom is -0.494 e. The lowest BCUT2D eigenvalue weighted by Crippen LogP contribution is -2.01. The second kappa shape index (κ2) is 9.82. The Morgan fingerprint density at radius 1 is 0.864 bits per heavy atom. The number of ether oxygens (including phenoxy) is 2. The van der Waals surface area contributed by atoms with Gasteiger partial charge in [-0.3, -0.25) is 4.98 Å². The number of hydrogen-bond acceptors (Lipinski definition) is 3. The van der Waals surface area contributed by atoms with E-state index < -0.39 is 0 Å². The van der Waals surface area contributed by atoms with E-state index in [9.17, 15) is 0 Å². The molecule has 0 unspecified atom stereocenters. The van der Waals surface area contributed by atoms with Crippen LogP contribution in [0.3, 0.4) is 0 Å². The molecule has 1 aromatic heterocycles. The number of pyridine rings is 1. The zero-order valence-corrected chi connectivity index (χ0v) is 13.3. The average molecular weight is 299 g/mol. The van der Waals surface area contributed by atoms with Crippen molar-refractivity contribution in [2.75, 3.05) is 13.2 Å². The summed E-state index contributed by atoms with van der Waals surface area (Å²) in [7, 11) is 0. The predicted molar refractivity (Wildman–Crippen MR) is 89.5 cm³/mol. The number of aromatic nitrogens is 1. The van der Waals surface area contributed by atoms with Gasteiger partial charge in [-0.1, -0.05) is 25.5 Å². The van der Waals surface area contributed by atoms with Crippen molar-refractivity contribution in [1.29, 1.82) is 0 Å². The van der Waals surface area contributed by atoms with Gasteiger partial charge in [0.1, 0.15) is 11.5 Å². The van der Waals surface area contributed by atoms with Crippen LogP contribution in [0.2, 0.25) is 0 Å². The highest BCUT2D eigenvalue weighted by molar-refractivity contribution is 5.27. The molecule has 0 aliphatic heterocycles. The van der Waals surface area contributed by atoms with Crippen LogP contribution in [0.1, 0.15) is 38.2 Å². The Morgan fingerprint density at radius 2 is 1.59 bits per heavy atom. The van der Waals surface area contributed by atoms with Gasteiger partial charge < -0.3 is 9.47 Å². The number of unbranched alkanes of at least 4 members (excludes halogenated alkanes) is 2. The summed E-state index contributed by atoms with van der Waals surface area (Å²) in [6.45, 7) is 3.69. The van der Waals surface area contributed by atoms with Crippen LogP contribution in [0.4, 0.5) is 0 Å². The third-order valence-electron chi connectivity index (χ3n) is 3.42. The van der Waals surface area contributed by atoms with Crippen molar-refractivity contribution in [3.05, 3.63) is 54.4 Å². The third kappa shape index (κ3) is 6.17. The van der Waals surface area contributed by atoms with Crippen molar-refractivity contribution in [1.82, 2.24) is 4.98 Å². The van der Waals surface area contributed by atoms with Crippen molar-refractivity contribution < 1.29 is 9.47 Å². The van der Waals surface area contributed by atoms with Gasteiger partial charge >= 0.3 is 0 Å². The molecule has 118 valence electrons. The Balaban J connectivity index is 1.52. The molecule has 0 amide bonds. The summed E-state index contributed by atoms with van der Waals surface area (Å²) in [6, 6.07) is 12.3. The molecule has 0 saturated heterocycles. The summed E-state index contributed by atoms with van der Waals surface area (Å²) < 4.78 is 11.4. The van der Waals surface area contributed by atoms with E-state index in [0.717, 1.165) is 50.4 Å². The van der Waals surface area contributed by atoms with Crippen LogP contribution in [-0.2, 0) is 6.42 Å². The molecule has 1 aromatic carbocycles. The van der Waals surface area contributed by atoms with Gasteiger partial charge in [0.2, 0.25) is 0 Å². The Labute approximate surface area is 133 Å². The first-order valence-corrected chi connectivity index (χ1v) is 8.13. The van der Waals surface area contributed by atoms with Gasteiger partial charge in [0, 0.05) is 6.20 Å². The number of nitrogens with zero attached hydrogens (tertiary/aromatic N) is 1. The minimum atomic E-state index is 0.734. The molecule has 2 aromatic rings. The Morgan fingerprint density at radius 3 is 2.23 bits per heavy atom. The van der Waals surface area contributed by atoms with Gasteiger partial charge in [0.15, 0.2) is 0 Å². The van der Waals surface area contributed by atoms with E-state index in [1.54, 1.807) is 12.4 Å². The SMILES string of the molecule is CCCc1ccc(OCCCCCOc2cccnc2)cc1. The summed E-state index contributed by atoms with van der Waals surface area (Å²) in [5.74, 6) is 1.80. The summed E-state index contributed by atoms with van der Waals surface area (Å²) in [5.41, 5.74) is 1.38. The van der Waals surface area contributed by atoms with E-state index in [1.807, 2.05) is 12.1 Å². The summed E-state index contributed by atoms with van der Waals surface area (Å²) >= 11 is 0. The molecule has 0 radical (unpaired) electrons. The Kier molecular flexibility index (Phi) is 7.30. The van der Waals surface area contributed by atoms with Crippen LogP contribution in [-0.4, -0.2) is 18.2 Å². The zero-order chi connectivity index (χ0) is 15.5. The van der Waals surface area contributed by atoms with Crippen LogP contribution in [0.5, 0.6) is 11.5 Å². The van der Waals surface area contributed by atoms with Gasteiger partial charge in [0.25, 0.3) is 0 Å². The lowest BCUT2D eigenvalue weighted by atomic mass is 10.1. The molecule has 22 heavy (non-hydrogen) atoms. The van der Waals surface area contributed by atoms with Crippen molar-refractivity contribution >= 4 is 0 Å². The quantitative estimate of drug-likeness (QED) is 0.598. The van der Waals surface area contributed by atoms with Crippen LogP contribution >= 0.6 is 0 Å². The molecule has 0 spiro atoms. The number of rotatable bonds is 10. The number of aryl methyl sites for hydroxylation is 1.